The standard InChI is InChI=1S/C14H15N3O2S/c1-10-8-12(20-2)16-17-13(10)15-14(18)19-9-11-6-4-3-5-7-11/h3-8H,9H2,1-2H3,(H,15,17,18). The van der Waals surface area contributed by atoms with E-state index in [4.69, 9.17) is 4.74 Å². The first-order chi connectivity index (χ1) is 9.69. The van der Waals surface area contributed by atoms with E-state index in [0.29, 0.717) is 5.82 Å². The number of amides is 1. The van der Waals surface area contributed by atoms with Crippen molar-refractivity contribution >= 4 is 23.7 Å². The van der Waals surface area contributed by atoms with E-state index in [1.165, 1.54) is 11.8 Å². The molecule has 0 aliphatic rings. The third-order valence-corrected chi connectivity index (χ3v) is 3.22. The van der Waals surface area contributed by atoms with Gasteiger partial charge >= 0.3 is 6.09 Å². The molecule has 0 spiro atoms. The molecule has 0 saturated heterocycles. The molecule has 0 radical (unpaired) electrons. The van der Waals surface area contributed by atoms with Crippen molar-refractivity contribution in [3.05, 3.63) is 47.5 Å². The number of nitrogens with zero attached hydrogens (tertiary/aromatic N) is 2. The fourth-order valence-electron chi connectivity index (χ4n) is 1.54. The van der Waals surface area contributed by atoms with Crippen molar-refractivity contribution in [3.8, 4) is 0 Å². The Morgan fingerprint density at radius 2 is 2.05 bits per heavy atom. The van der Waals surface area contributed by atoms with E-state index >= 15 is 0 Å². The molecule has 2 rings (SSSR count). The normalized spacial score (nSPS) is 10.1. The van der Waals surface area contributed by atoms with Crippen LogP contribution in [0.3, 0.4) is 0 Å². The first kappa shape index (κ1) is 14.3. The number of hydrogen-bond donors (Lipinski definition) is 1. The Kier molecular flexibility index (Phi) is 4.95. The molecule has 0 atom stereocenters. The Hall–Kier alpha value is -2.08. The second-order valence-corrected chi connectivity index (χ2v) is 4.93. The molecule has 0 fully saturated rings. The van der Waals surface area contributed by atoms with Gasteiger partial charge in [-0.3, -0.25) is 5.32 Å². The van der Waals surface area contributed by atoms with Crippen LogP contribution in [0.15, 0.2) is 41.4 Å². The summed E-state index contributed by atoms with van der Waals surface area (Å²) in [5.41, 5.74) is 1.78. The van der Waals surface area contributed by atoms with Gasteiger partial charge in [-0.25, -0.2) is 4.79 Å². The Morgan fingerprint density at radius 3 is 2.70 bits per heavy atom. The molecule has 1 N–H and O–H groups in total. The van der Waals surface area contributed by atoms with E-state index in [0.717, 1.165) is 16.2 Å². The number of ether oxygens (including phenoxy) is 1. The third kappa shape index (κ3) is 3.96. The number of anilines is 1. The van der Waals surface area contributed by atoms with Crippen LogP contribution < -0.4 is 5.32 Å². The molecule has 1 heterocycles. The summed E-state index contributed by atoms with van der Waals surface area (Å²) in [5.74, 6) is 0.417. The van der Waals surface area contributed by atoms with Gasteiger partial charge in [-0.05, 0) is 30.4 Å². The lowest BCUT2D eigenvalue weighted by Crippen LogP contribution is -2.15. The van der Waals surface area contributed by atoms with Gasteiger partial charge in [0.05, 0.1) is 0 Å². The quantitative estimate of drug-likeness (QED) is 0.875. The predicted octanol–water partition coefficient (Wildman–Crippen LogP) is 3.26. The van der Waals surface area contributed by atoms with Crippen molar-refractivity contribution in [3.63, 3.8) is 0 Å². The highest BCUT2D eigenvalue weighted by Crippen LogP contribution is 2.17. The molecule has 0 aliphatic heterocycles. The third-order valence-electron chi connectivity index (χ3n) is 2.60. The lowest BCUT2D eigenvalue weighted by atomic mass is 10.2. The summed E-state index contributed by atoms with van der Waals surface area (Å²) < 4.78 is 5.12. The minimum atomic E-state index is -0.539. The zero-order valence-corrected chi connectivity index (χ0v) is 12.1. The summed E-state index contributed by atoms with van der Waals surface area (Å²) in [5, 5.41) is 11.3. The largest absolute Gasteiger partial charge is 0.444 e. The first-order valence-electron chi connectivity index (χ1n) is 6.05. The van der Waals surface area contributed by atoms with Crippen LogP contribution in [0.1, 0.15) is 11.1 Å². The van der Waals surface area contributed by atoms with Crippen LogP contribution in [-0.2, 0) is 11.3 Å². The zero-order chi connectivity index (χ0) is 14.4. The molecular weight excluding hydrogens is 274 g/mol. The molecule has 104 valence electrons. The summed E-state index contributed by atoms with van der Waals surface area (Å²) in [6, 6.07) is 11.4. The van der Waals surface area contributed by atoms with E-state index in [1.54, 1.807) is 0 Å². The average Bonchev–Trinajstić information content (AvgIpc) is 2.48. The number of thioether (sulfide) groups is 1. The maximum Gasteiger partial charge on any atom is 0.413 e. The van der Waals surface area contributed by atoms with E-state index in [9.17, 15) is 4.79 Å². The Labute approximate surface area is 121 Å². The summed E-state index contributed by atoms with van der Waals surface area (Å²) >= 11 is 1.50. The van der Waals surface area contributed by atoms with Gasteiger partial charge in [-0.15, -0.1) is 22.0 Å². The molecule has 0 unspecified atom stereocenters. The maximum absolute atomic E-state index is 11.7. The van der Waals surface area contributed by atoms with Crippen LogP contribution in [0.4, 0.5) is 10.6 Å². The zero-order valence-electron chi connectivity index (χ0n) is 11.3. The molecule has 1 amide bonds. The molecular formula is C14H15N3O2S. The van der Waals surface area contributed by atoms with Crippen molar-refractivity contribution in [2.75, 3.05) is 11.6 Å². The summed E-state index contributed by atoms with van der Waals surface area (Å²) in [6.45, 7) is 2.09. The Bertz CT molecular complexity index is 590. The fourth-order valence-corrected chi connectivity index (χ4v) is 1.96. The van der Waals surface area contributed by atoms with Crippen LogP contribution in [0.5, 0.6) is 0 Å². The topological polar surface area (TPSA) is 64.1 Å². The number of carbonyl (C=O) groups is 1. The Balaban J connectivity index is 1.91. The number of aryl methyl sites for hydroxylation is 1. The lowest BCUT2D eigenvalue weighted by Gasteiger charge is -2.08. The number of hydrogen-bond acceptors (Lipinski definition) is 5. The number of rotatable bonds is 4. The minimum Gasteiger partial charge on any atom is -0.444 e. The van der Waals surface area contributed by atoms with Gasteiger partial charge in [0.25, 0.3) is 0 Å². The van der Waals surface area contributed by atoms with Crippen molar-refractivity contribution in [1.29, 1.82) is 0 Å². The highest BCUT2D eigenvalue weighted by atomic mass is 32.2. The molecule has 2 aromatic rings. The maximum atomic E-state index is 11.7. The minimum absolute atomic E-state index is 0.224. The number of benzene rings is 1. The van der Waals surface area contributed by atoms with Crippen molar-refractivity contribution in [1.82, 2.24) is 10.2 Å². The van der Waals surface area contributed by atoms with Crippen molar-refractivity contribution < 1.29 is 9.53 Å². The van der Waals surface area contributed by atoms with Gasteiger partial charge in [0.1, 0.15) is 11.6 Å². The van der Waals surface area contributed by atoms with Crippen LogP contribution in [0.2, 0.25) is 0 Å². The van der Waals surface area contributed by atoms with Crippen LogP contribution in [-0.4, -0.2) is 22.5 Å². The Morgan fingerprint density at radius 1 is 1.30 bits per heavy atom. The SMILES string of the molecule is CSc1cc(C)c(NC(=O)OCc2ccccc2)nn1. The van der Waals surface area contributed by atoms with Gasteiger partial charge in [0, 0.05) is 0 Å². The number of carbonyl (C=O) groups excluding carboxylic acids is 1. The van der Waals surface area contributed by atoms with Gasteiger partial charge in [-0.2, -0.15) is 0 Å². The fraction of sp³-hybridized carbons (Fsp3) is 0.214. The lowest BCUT2D eigenvalue weighted by molar-refractivity contribution is 0.155. The second-order valence-electron chi connectivity index (χ2n) is 4.11. The predicted molar refractivity (Wildman–Crippen MR) is 78.8 cm³/mol. The molecule has 0 aliphatic carbocycles. The van der Waals surface area contributed by atoms with E-state index in [2.05, 4.69) is 15.5 Å². The van der Waals surface area contributed by atoms with Crippen LogP contribution >= 0.6 is 11.8 Å². The summed E-state index contributed by atoms with van der Waals surface area (Å²) in [4.78, 5) is 11.7. The molecule has 6 heteroatoms. The van der Waals surface area contributed by atoms with E-state index in [-0.39, 0.29) is 6.61 Å². The molecule has 5 nitrogen and oxygen atoms in total. The highest BCUT2D eigenvalue weighted by Gasteiger charge is 2.08. The van der Waals surface area contributed by atoms with Crippen LogP contribution in [0.25, 0.3) is 0 Å². The number of aromatic nitrogens is 2. The van der Waals surface area contributed by atoms with Gasteiger partial charge in [0.2, 0.25) is 0 Å². The first-order valence-corrected chi connectivity index (χ1v) is 7.27. The number of nitrogens with one attached hydrogen (secondary N) is 1. The molecule has 0 bridgehead atoms. The monoisotopic (exact) mass is 289 g/mol. The van der Waals surface area contributed by atoms with Gasteiger partial charge in [0.15, 0.2) is 5.82 Å². The average molecular weight is 289 g/mol. The van der Waals surface area contributed by atoms with E-state index < -0.39 is 6.09 Å². The van der Waals surface area contributed by atoms with Gasteiger partial charge in [-0.1, -0.05) is 30.3 Å². The molecule has 1 aromatic carbocycles. The summed E-state index contributed by atoms with van der Waals surface area (Å²) in [6.07, 6.45) is 1.38. The molecule has 20 heavy (non-hydrogen) atoms. The van der Waals surface area contributed by atoms with Crippen molar-refractivity contribution in [2.24, 2.45) is 0 Å². The molecule has 0 saturated carbocycles. The second kappa shape index (κ2) is 6.91. The van der Waals surface area contributed by atoms with Gasteiger partial charge < -0.3 is 4.74 Å². The molecule has 1 aromatic heterocycles. The van der Waals surface area contributed by atoms with Crippen LogP contribution in [0, 0.1) is 6.92 Å². The van der Waals surface area contributed by atoms with Crippen molar-refractivity contribution in [2.45, 2.75) is 18.6 Å². The highest BCUT2D eigenvalue weighted by molar-refractivity contribution is 7.98. The summed E-state index contributed by atoms with van der Waals surface area (Å²) in [7, 11) is 0. The van der Waals surface area contributed by atoms with E-state index in [1.807, 2.05) is 49.6 Å². The smallest absolute Gasteiger partial charge is 0.413 e.